The molecule has 2 unspecified atom stereocenters. The van der Waals surface area contributed by atoms with Gasteiger partial charge in [0.25, 0.3) is 0 Å². The molecule has 0 aliphatic carbocycles. The third-order valence-corrected chi connectivity index (χ3v) is 5.13. The standard InChI is InChI=1S/C17H19NOS/c1-11-7-8-12(2)15(9-11)20-16-10-19-14-6-4-3-5-13(14)17(16)18/h3-9,16-17H,10,18H2,1-2H3. The minimum atomic E-state index is 0.0184. The molecule has 1 aliphatic rings. The Morgan fingerprint density at radius 1 is 1.15 bits per heavy atom. The molecule has 0 radical (unpaired) electrons. The fourth-order valence-electron chi connectivity index (χ4n) is 2.47. The SMILES string of the molecule is Cc1ccc(C)c(SC2COc3ccccc3C2N)c1. The molecule has 3 heteroatoms. The van der Waals surface area contributed by atoms with E-state index in [2.05, 4.69) is 38.1 Å². The van der Waals surface area contributed by atoms with E-state index in [0.29, 0.717) is 6.61 Å². The van der Waals surface area contributed by atoms with E-state index in [9.17, 15) is 0 Å². The Hall–Kier alpha value is -1.45. The Balaban J connectivity index is 1.84. The Bertz CT molecular complexity index is 626. The molecule has 2 atom stereocenters. The van der Waals surface area contributed by atoms with Gasteiger partial charge in [0.15, 0.2) is 0 Å². The van der Waals surface area contributed by atoms with Crippen LogP contribution in [-0.4, -0.2) is 11.9 Å². The molecular formula is C17H19NOS. The average Bonchev–Trinajstić information content (AvgIpc) is 2.46. The van der Waals surface area contributed by atoms with Crippen LogP contribution in [-0.2, 0) is 0 Å². The van der Waals surface area contributed by atoms with Crippen LogP contribution >= 0.6 is 11.8 Å². The second kappa shape index (κ2) is 5.51. The van der Waals surface area contributed by atoms with E-state index in [-0.39, 0.29) is 11.3 Å². The van der Waals surface area contributed by atoms with Gasteiger partial charge in [0.2, 0.25) is 0 Å². The fourth-order valence-corrected chi connectivity index (χ4v) is 3.73. The van der Waals surface area contributed by atoms with Crippen LogP contribution in [0.3, 0.4) is 0 Å². The van der Waals surface area contributed by atoms with Crippen LogP contribution < -0.4 is 10.5 Å². The second-order valence-electron chi connectivity index (χ2n) is 5.30. The zero-order valence-electron chi connectivity index (χ0n) is 11.8. The summed E-state index contributed by atoms with van der Waals surface area (Å²) in [6, 6.07) is 14.6. The second-order valence-corrected chi connectivity index (χ2v) is 6.58. The van der Waals surface area contributed by atoms with E-state index in [4.69, 9.17) is 10.5 Å². The molecule has 2 aromatic rings. The number of hydrogen-bond acceptors (Lipinski definition) is 3. The molecule has 0 spiro atoms. The largest absolute Gasteiger partial charge is 0.492 e. The Kier molecular flexibility index (Phi) is 3.72. The lowest BCUT2D eigenvalue weighted by Gasteiger charge is -2.31. The minimum Gasteiger partial charge on any atom is -0.492 e. The highest BCUT2D eigenvalue weighted by Crippen LogP contribution is 2.39. The summed E-state index contributed by atoms with van der Waals surface area (Å²) in [4.78, 5) is 1.30. The van der Waals surface area contributed by atoms with Gasteiger partial charge in [-0.2, -0.15) is 0 Å². The first-order valence-corrected chi connectivity index (χ1v) is 7.74. The molecule has 1 aliphatic heterocycles. The van der Waals surface area contributed by atoms with Crippen molar-refractivity contribution < 1.29 is 4.74 Å². The van der Waals surface area contributed by atoms with E-state index in [1.165, 1.54) is 16.0 Å². The first-order chi connectivity index (χ1) is 9.65. The van der Waals surface area contributed by atoms with Gasteiger partial charge in [-0.3, -0.25) is 0 Å². The number of thioether (sulfide) groups is 1. The number of rotatable bonds is 2. The molecule has 0 bridgehead atoms. The third kappa shape index (κ3) is 2.56. The molecule has 2 aromatic carbocycles. The smallest absolute Gasteiger partial charge is 0.124 e. The Labute approximate surface area is 124 Å². The highest BCUT2D eigenvalue weighted by Gasteiger charge is 2.28. The van der Waals surface area contributed by atoms with Crippen LogP contribution in [0, 0.1) is 13.8 Å². The van der Waals surface area contributed by atoms with Gasteiger partial charge in [0.1, 0.15) is 12.4 Å². The van der Waals surface area contributed by atoms with Crippen molar-refractivity contribution >= 4 is 11.8 Å². The molecular weight excluding hydrogens is 266 g/mol. The molecule has 3 rings (SSSR count). The summed E-state index contributed by atoms with van der Waals surface area (Å²) in [5.74, 6) is 0.929. The van der Waals surface area contributed by atoms with Crippen molar-refractivity contribution in [1.82, 2.24) is 0 Å². The zero-order chi connectivity index (χ0) is 14.1. The molecule has 2 N–H and O–H groups in total. The van der Waals surface area contributed by atoms with Gasteiger partial charge in [0.05, 0.1) is 5.25 Å². The molecule has 2 nitrogen and oxygen atoms in total. The maximum absolute atomic E-state index is 6.43. The number of aryl methyl sites for hydroxylation is 2. The van der Waals surface area contributed by atoms with Crippen molar-refractivity contribution in [2.45, 2.75) is 30.0 Å². The van der Waals surface area contributed by atoms with E-state index in [1.807, 2.05) is 30.0 Å². The number of para-hydroxylation sites is 1. The van der Waals surface area contributed by atoms with Crippen molar-refractivity contribution in [3.05, 3.63) is 59.2 Å². The van der Waals surface area contributed by atoms with Crippen molar-refractivity contribution in [2.75, 3.05) is 6.61 Å². The van der Waals surface area contributed by atoms with Crippen molar-refractivity contribution in [3.63, 3.8) is 0 Å². The van der Waals surface area contributed by atoms with Crippen LogP contribution in [0.25, 0.3) is 0 Å². The van der Waals surface area contributed by atoms with Crippen molar-refractivity contribution in [3.8, 4) is 5.75 Å². The first-order valence-electron chi connectivity index (χ1n) is 6.86. The summed E-state index contributed by atoms with van der Waals surface area (Å²) in [6.07, 6.45) is 0. The first kappa shape index (κ1) is 13.5. The summed E-state index contributed by atoms with van der Waals surface area (Å²) in [7, 11) is 0. The number of ether oxygens (including phenoxy) is 1. The summed E-state index contributed by atoms with van der Waals surface area (Å²) in [5.41, 5.74) is 10.1. The predicted octanol–water partition coefficient (Wildman–Crippen LogP) is 3.86. The van der Waals surface area contributed by atoms with Gasteiger partial charge in [-0.15, -0.1) is 11.8 Å². The van der Waals surface area contributed by atoms with Crippen LogP contribution in [0.1, 0.15) is 22.7 Å². The average molecular weight is 285 g/mol. The van der Waals surface area contributed by atoms with E-state index in [1.54, 1.807) is 0 Å². The highest BCUT2D eigenvalue weighted by atomic mass is 32.2. The summed E-state index contributed by atoms with van der Waals surface area (Å²) < 4.78 is 5.85. The Morgan fingerprint density at radius 3 is 2.80 bits per heavy atom. The van der Waals surface area contributed by atoms with Gasteiger partial charge in [-0.05, 0) is 31.5 Å². The summed E-state index contributed by atoms with van der Waals surface area (Å²) in [6.45, 7) is 4.93. The third-order valence-electron chi connectivity index (χ3n) is 3.70. The maximum atomic E-state index is 6.43. The summed E-state index contributed by atoms with van der Waals surface area (Å²) in [5, 5.41) is 0.255. The monoisotopic (exact) mass is 285 g/mol. The van der Waals surface area contributed by atoms with Crippen LogP contribution in [0.2, 0.25) is 0 Å². The molecule has 0 fully saturated rings. The number of hydrogen-bond donors (Lipinski definition) is 1. The fraction of sp³-hybridized carbons (Fsp3) is 0.294. The molecule has 0 amide bonds. The maximum Gasteiger partial charge on any atom is 0.124 e. The number of fused-ring (bicyclic) bond motifs is 1. The van der Waals surface area contributed by atoms with E-state index >= 15 is 0 Å². The predicted molar refractivity (Wildman–Crippen MR) is 84.4 cm³/mol. The Morgan fingerprint density at radius 2 is 1.95 bits per heavy atom. The lowest BCUT2D eigenvalue weighted by atomic mass is 10.0. The van der Waals surface area contributed by atoms with Gasteiger partial charge < -0.3 is 10.5 Å². The van der Waals surface area contributed by atoms with E-state index < -0.39 is 0 Å². The molecule has 0 saturated heterocycles. The molecule has 0 aromatic heterocycles. The molecule has 0 saturated carbocycles. The van der Waals surface area contributed by atoms with Gasteiger partial charge in [-0.1, -0.05) is 35.9 Å². The molecule has 1 heterocycles. The van der Waals surface area contributed by atoms with Crippen molar-refractivity contribution in [1.29, 1.82) is 0 Å². The lowest BCUT2D eigenvalue weighted by Crippen LogP contribution is -2.33. The zero-order valence-corrected chi connectivity index (χ0v) is 12.6. The van der Waals surface area contributed by atoms with Gasteiger partial charge >= 0.3 is 0 Å². The number of benzene rings is 2. The van der Waals surface area contributed by atoms with Gasteiger partial charge in [0, 0.05) is 16.5 Å². The van der Waals surface area contributed by atoms with E-state index in [0.717, 1.165) is 11.3 Å². The topological polar surface area (TPSA) is 35.2 Å². The minimum absolute atomic E-state index is 0.0184. The van der Waals surface area contributed by atoms with Crippen LogP contribution in [0.5, 0.6) is 5.75 Å². The van der Waals surface area contributed by atoms with Gasteiger partial charge in [-0.25, -0.2) is 0 Å². The molecule has 104 valence electrons. The van der Waals surface area contributed by atoms with Crippen LogP contribution in [0.15, 0.2) is 47.4 Å². The van der Waals surface area contributed by atoms with Crippen LogP contribution in [0.4, 0.5) is 0 Å². The lowest BCUT2D eigenvalue weighted by molar-refractivity contribution is 0.276. The number of nitrogens with two attached hydrogens (primary N) is 1. The normalized spacial score (nSPS) is 21.1. The van der Waals surface area contributed by atoms with Crippen molar-refractivity contribution in [2.24, 2.45) is 5.73 Å². The highest BCUT2D eigenvalue weighted by molar-refractivity contribution is 8.00. The molecule has 20 heavy (non-hydrogen) atoms. The quantitative estimate of drug-likeness (QED) is 0.910. The summed E-state index contributed by atoms with van der Waals surface area (Å²) >= 11 is 1.83.